The molecule has 0 radical (unpaired) electrons. The molecule has 0 aliphatic carbocycles. The van der Waals surface area contributed by atoms with E-state index in [1.165, 1.54) is 12.3 Å². The van der Waals surface area contributed by atoms with Crippen molar-refractivity contribution >= 4 is 23.2 Å². The van der Waals surface area contributed by atoms with E-state index in [2.05, 4.69) is 37.4 Å². The van der Waals surface area contributed by atoms with Gasteiger partial charge in [-0.1, -0.05) is 0 Å². The summed E-state index contributed by atoms with van der Waals surface area (Å²) in [7, 11) is 0. The number of halogens is 1. The number of hydrogen-bond donors (Lipinski definition) is 2. The van der Waals surface area contributed by atoms with Crippen LogP contribution in [0.5, 0.6) is 5.88 Å². The van der Waals surface area contributed by atoms with Crippen molar-refractivity contribution in [3.8, 4) is 5.88 Å². The third kappa shape index (κ3) is 4.78. The molecule has 0 bridgehead atoms. The second-order valence-electron chi connectivity index (χ2n) is 9.21. The van der Waals surface area contributed by atoms with Gasteiger partial charge in [0.15, 0.2) is 11.5 Å². The van der Waals surface area contributed by atoms with Gasteiger partial charge in [-0.15, -0.1) is 0 Å². The van der Waals surface area contributed by atoms with Crippen LogP contribution in [-0.4, -0.2) is 69.8 Å². The van der Waals surface area contributed by atoms with Gasteiger partial charge in [0, 0.05) is 31.2 Å². The van der Waals surface area contributed by atoms with E-state index in [4.69, 9.17) is 9.47 Å². The summed E-state index contributed by atoms with van der Waals surface area (Å²) in [5.74, 6) is -0.325. The van der Waals surface area contributed by atoms with E-state index in [9.17, 15) is 9.18 Å². The molecule has 3 aromatic heterocycles. The summed E-state index contributed by atoms with van der Waals surface area (Å²) in [5.41, 5.74) is 1.12. The van der Waals surface area contributed by atoms with Gasteiger partial charge in [-0.3, -0.25) is 4.79 Å². The Bertz CT molecular complexity index is 1240. The first-order chi connectivity index (χ1) is 16.9. The molecule has 5 heterocycles. The first-order valence-electron chi connectivity index (χ1n) is 12.0. The van der Waals surface area contributed by atoms with Gasteiger partial charge < -0.3 is 29.4 Å². The number of anilines is 2. The predicted octanol–water partition coefficient (Wildman–Crippen LogP) is 2.57. The molecule has 1 amide bonds. The molecule has 1 atom stereocenters. The van der Waals surface area contributed by atoms with Crippen molar-refractivity contribution < 1.29 is 18.7 Å². The first kappa shape index (κ1) is 23.4. The highest BCUT2D eigenvalue weighted by molar-refractivity contribution is 6.05. The molecule has 2 aliphatic rings. The van der Waals surface area contributed by atoms with Crippen LogP contribution in [0.3, 0.4) is 0 Å². The van der Waals surface area contributed by atoms with Gasteiger partial charge in [-0.25, -0.2) is 14.4 Å². The second kappa shape index (κ2) is 9.38. The summed E-state index contributed by atoms with van der Waals surface area (Å²) in [6.45, 7) is 9.15. The zero-order chi connectivity index (χ0) is 24.6. The molecule has 0 saturated carbocycles. The monoisotopic (exact) mass is 483 g/mol. The standard InChI is InChI=1S/C24H30FN7O3/c1-4-34-22-18(21(33)29-17-9-19(25)20-28-15(2)11-31(20)13-17)10-27-23(30-22)32-12-16(3)35-24(14-32)5-7-26-8-6-24/h9-11,13,16,26H,4-8,12,14H2,1-3H3,(H,29,33). The minimum absolute atomic E-state index is 0.0283. The normalized spacial score (nSPS) is 19.8. The maximum absolute atomic E-state index is 14.5. The van der Waals surface area contributed by atoms with Crippen molar-refractivity contribution in [3.63, 3.8) is 0 Å². The number of aryl methyl sites for hydroxylation is 1. The number of carbonyl (C=O) groups excluding carboxylic acids is 1. The van der Waals surface area contributed by atoms with Crippen LogP contribution in [0.4, 0.5) is 16.0 Å². The summed E-state index contributed by atoms with van der Waals surface area (Å²) < 4.78 is 28.1. The largest absolute Gasteiger partial charge is 0.477 e. The number of amides is 1. The van der Waals surface area contributed by atoms with Crippen LogP contribution >= 0.6 is 0 Å². The van der Waals surface area contributed by atoms with Crippen LogP contribution in [0.2, 0.25) is 0 Å². The molecule has 2 saturated heterocycles. The fourth-order valence-electron chi connectivity index (χ4n) is 4.89. The molecule has 2 aliphatic heterocycles. The van der Waals surface area contributed by atoms with E-state index in [0.29, 0.717) is 37.0 Å². The zero-order valence-electron chi connectivity index (χ0n) is 20.2. The average molecular weight is 484 g/mol. The van der Waals surface area contributed by atoms with Crippen LogP contribution in [0.25, 0.3) is 5.65 Å². The Morgan fingerprint density at radius 2 is 2.14 bits per heavy atom. The van der Waals surface area contributed by atoms with E-state index >= 15 is 0 Å². The number of fused-ring (bicyclic) bond motifs is 1. The topological polar surface area (TPSA) is 106 Å². The van der Waals surface area contributed by atoms with Gasteiger partial charge in [-0.05, 0) is 46.7 Å². The third-order valence-corrected chi connectivity index (χ3v) is 6.36. The number of nitrogens with one attached hydrogen (secondary N) is 2. The second-order valence-corrected chi connectivity index (χ2v) is 9.21. The van der Waals surface area contributed by atoms with Crippen molar-refractivity contribution in [1.82, 2.24) is 24.7 Å². The molecule has 0 aromatic carbocycles. The number of aromatic nitrogens is 4. The molecule has 11 heteroatoms. The lowest BCUT2D eigenvalue weighted by atomic mass is 9.89. The van der Waals surface area contributed by atoms with Crippen LogP contribution in [0.1, 0.15) is 42.7 Å². The van der Waals surface area contributed by atoms with E-state index < -0.39 is 11.7 Å². The van der Waals surface area contributed by atoms with Crippen molar-refractivity contribution in [2.24, 2.45) is 0 Å². The van der Waals surface area contributed by atoms with Crippen molar-refractivity contribution in [1.29, 1.82) is 0 Å². The number of nitrogens with zero attached hydrogens (tertiary/aromatic N) is 5. The number of piperidine rings is 1. The fourth-order valence-corrected chi connectivity index (χ4v) is 4.89. The van der Waals surface area contributed by atoms with Crippen molar-refractivity contribution in [3.05, 3.63) is 41.7 Å². The SMILES string of the molecule is CCOc1nc(N2CC(C)OC3(CCNCC3)C2)ncc1C(=O)Nc1cc(F)c2nc(C)cn2c1. The number of imidazole rings is 1. The molecule has 1 spiro atoms. The lowest BCUT2D eigenvalue weighted by Crippen LogP contribution is -2.59. The number of ether oxygens (including phenoxy) is 2. The Balaban J connectivity index is 1.39. The molecular formula is C24H30FN7O3. The van der Waals surface area contributed by atoms with Crippen LogP contribution in [0.15, 0.2) is 24.7 Å². The quantitative estimate of drug-likeness (QED) is 0.571. The molecule has 3 aromatic rings. The van der Waals surface area contributed by atoms with Gasteiger partial charge >= 0.3 is 0 Å². The molecule has 5 rings (SSSR count). The summed E-state index contributed by atoms with van der Waals surface area (Å²) >= 11 is 0. The van der Waals surface area contributed by atoms with Crippen LogP contribution in [-0.2, 0) is 4.74 Å². The minimum Gasteiger partial charge on any atom is -0.477 e. The molecular weight excluding hydrogens is 453 g/mol. The molecule has 186 valence electrons. The summed E-state index contributed by atoms with van der Waals surface area (Å²) in [6.07, 6.45) is 6.64. The van der Waals surface area contributed by atoms with E-state index in [-0.39, 0.29) is 28.8 Å². The average Bonchev–Trinajstić information content (AvgIpc) is 3.20. The van der Waals surface area contributed by atoms with Gasteiger partial charge in [-0.2, -0.15) is 4.98 Å². The number of pyridine rings is 1. The van der Waals surface area contributed by atoms with E-state index in [1.807, 2.05) is 6.92 Å². The van der Waals surface area contributed by atoms with Gasteiger partial charge in [0.25, 0.3) is 5.91 Å². The highest BCUT2D eigenvalue weighted by Gasteiger charge is 2.41. The number of morpholine rings is 1. The highest BCUT2D eigenvalue weighted by Crippen LogP contribution is 2.32. The molecule has 35 heavy (non-hydrogen) atoms. The molecule has 2 N–H and O–H groups in total. The van der Waals surface area contributed by atoms with Crippen molar-refractivity contribution in [2.45, 2.75) is 45.3 Å². The van der Waals surface area contributed by atoms with E-state index in [1.54, 1.807) is 23.7 Å². The zero-order valence-corrected chi connectivity index (χ0v) is 20.2. The Morgan fingerprint density at radius 3 is 2.91 bits per heavy atom. The summed E-state index contributed by atoms with van der Waals surface area (Å²) in [4.78, 5) is 28.4. The van der Waals surface area contributed by atoms with Gasteiger partial charge in [0.2, 0.25) is 11.8 Å². The maximum atomic E-state index is 14.5. The van der Waals surface area contributed by atoms with E-state index in [0.717, 1.165) is 25.9 Å². The van der Waals surface area contributed by atoms with Crippen LogP contribution in [0, 0.1) is 12.7 Å². The summed E-state index contributed by atoms with van der Waals surface area (Å²) in [5, 5.41) is 6.11. The Labute approximate surface area is 202 Å². The number of rotatable bonds is 5. The molecule has 10 nitrogen and oxygen atoms in total. The maximum Gasteiger partial charge on any atom is 0.262 e. The lowest BCUT2D eigenvalue weighted by molar-refractivity contribution is -0.114. The lowest BCUT2D eigenvalue weighted by Gasteiger charge is -2.47. The first-order valence-corrected chi connectivity index (χ1v) is 12.0. The molecule has 1 unspecified atom stereocenters. The predicted molar refractivity (Wildman–Crippen MR) is 129 cm³/mol. The fraction of sp³-hybridized carbons (Fsp3) is 0.500. The highest BCUT2D eigenvalue weighted by atomic mass is 19.1. The summed E-state index contributed by atoms with van der Waals surface area (Å²) in [6, 6.07) is 1.24. The van der Waals surface area contributed by atoms with Gasteiger partial charge in [0.05, 0.1) is 36.2 Å². The Morgan fingerprint density at radius 1 is 1.34 bits per heavy atom. The molecule has 2 fully saturated rings. The number of hydrogen-bond acceptors (Lipinski definition) is 8. The Hall–Kier alpha value is -3.31. The minimum atomic E-state index is -0.527. The van der Waals surface area contributed by atoms with Crippen molar-refractivity contribution in [2.75, 3.05) is 43.0 Å². The van der Waals surface area contributed by atoms with Crippen LogP contribution < -0.4 is 20.3 Å². The smallest absolute Gasteiger partial charge is 0.262 e. The third-order valence-electron chi connectivity index (χ3n) is 6.36. The number of carbonyl (C=O) groups is 1. The Kier molecular flexibility index (Phi) is 6.28. The van der Waals surface area contributed by atoms with Gasteiger partial charge in [0.1, 0.15) is 5.56 Å².